The maximum Gasteiger partial charge on any atom is 0.257 e. The molecule has 0 bridgehead atoms. The van der Waals surface area contributed by atoms with Crippen LogP contribution in [0.5, 0.6) is 0 Å². The Morgan fingerprint density at radius 2 is 1.85 bits per heavy atom. The number of rotatable bonds is 5. The van der Waals surface area contributed by atoms with Crippen molar-refractivity contribution < 1.29 is 9.59 Å². The molecule has 5 aromatic heterocycles. The van der Waals surface area contributed by atoms with Gasteiger partial charge in [0.1, 0.15) is 5.65 Å². The maximum atomic E-state index is 13.2. The predicted octanol–water partition coefficient (Wildman–Crippen LogP) is 3.88. The molecule has 2 fully saturated rings. The van der Waals surface area contributed by atoms with Crippen LogP contribution in [0.1, 0.15) is 58.9 Å². The number of piperidine rings is 2. The van der Waals surface area contributed by atoms with Crippen molar-refractivity contribution in [3.8, 4) is 11.1 Å². The van der Waals surface area contributed by atoms with Crippen LogP contribution in [0, 0.1) is 0 Å². The zero-order valence-corrected chi connectivity index (χ0v) is 22.1. The third-order valence-electron chi connectivity index (χ3n) is 8.04. The number of anilines is 1. The summed E-state index contributed by atoms with van der Waals surface area (Å²) in [5, 5.41) is 16.0. The number of amides is 2. The maximum absolute atomic E-state index is 13.2. The Hall–Kier alpha value is -4.51. The Balaban J connectivity index is 1.16. The first-order chi connectivity index (χ1) is 19.6. The van der Waals surface area contributed by atoms with E-state index in [1.165, 1.54) is 6.42 Å². The minimum absolute atomic E-state index is 0.0230. The molecule has 2 amide bonds. The van der Waals surface area contributed by atoms with Crippen molar-refractivity contribution in [1.29, 1.82) is 0 Å². The molecule has 0 spiro atoms. The van der Waals surface area contributed by atoms with Crippen LogP contribution in [0.2, 0.25) is 0 Å². The minimum atomic E-state index is -0.243. The molecule has 2 aliphatic rings. The molecule has 204 valence electrons. The predicted molar refractivity (Wildman–Crippen MR) is 151 cm³/mol. The molecule has 40 heavy (non-hydrogen) atoms. The van der Waals surface area contributed by atoms with Crippen molar-refractivity contribution >= 4 is 34.1 Å². The Morgan fingerprint density at radius 1 is 1.00 bits per heavy atom. The van der Waals surface area contributed by atoms with Crippen molar-refractivity contribution in [2.24, 2.45) is 0 Å². The Labute approximate surface area is 230 Å². The average Bonchev–Trinajstić information content (AvgIpc) is 3.75. The van der Waals surface area contributed by atoms with Gasteiger partial charge in [-0.3, -0.25) is 14.3 Å². The lowest BCUT2D eigenvalue weighted by Crippen LogP contribution is -2.35. The van der Waals surface area contributed by atoms with Gasteiger partial charge in [-0.15, -0.1) is 0 Å². The van der Waals surface area contributed by atoms with Gasteiger partial charge in [-0.25, -0.2) is 9.50 Å². The SMILES string of the molecule is O=C(Nc1cnn(C2CCNCC2)c1)c1cnc2[nH]cc(-c3ccn4ncc(C(=O)N5CCCCC5)c4c3)c2c1. The lowest BCUT2D eigenvalue weighted by molar-refractivity contribution is 0.0726. The van der Waals surface area contributed by atoms with E-state index in [4.69, 9.17) is 0 Å². The third-order valence-corrected chi connectivity index (χ3v) is 8.04. The Kier molecular flexibility index (Phi) is 6.27. The van der Waals surface area contributed by atoms with Crippen LogP contribution < -0.4 is 10.6 Å². The number of carbonyl (C=O) groups is 2. The smallest absolute Gasteiger partial charge is 0.257 e. The number of nitrogens with zero attached hydrogens (tertiary/aromatic N) is 6. The minimum Gasteiger partial charge on any atom is -0.346 e. The lowest BCUT2D eigenvalue weighted by atomic mass is 10.0. The molecule has 0 unspecified atom stereocenters. The number of nitrogens with one attached hydrogen (secondary N) is 3. The number of fused-ring (bicyclic) bond motifs is 2. The van der Waals surface area contributed by atoms with Gasteiger partial charge in [0.25, 0.3) is 11.8 Å². The van der Waals surface area contributed by atoms with E-state index >= 15 is 0 Å². The molecular weight excluding hydrogens is 506 g/mol. The van der Waals surface area contributed by atoms with Crippen molar-refractivity contribution in [2.45, 2.75) is 38.1 Å². The van der Waals surface area contributed by atoms with Gasteiger partial charge in [0.2, 0.25) is 0 Å². The molecule has 11 nitrogen and oxygen atoms in total. The molecular formula is C29H31N9O2. The summed E-state index contributed by atoms with van der Waals surface area (Å²) >= 11 is 0. The van der Waals surface area contributed by atoms with Crippen LogP contribution in [-0.4, -0.2) is 72.3 Å². The topological polar surface area (TPSA) is 125 Å². The van der Waals surface area contributed by atoms with Crippen molar-refractivity contribution in [1.82, 2.24) is 39.6 Å². The molecule has 0 radical (unpaired) electrons. The van der Waals surface area contributed by atoms with Gasteiger partial charge < -0.3 is 20.5 Å². The van der Waals surface area contributed by atoms with Crippen molar-refractivity contribution in [3.05, 3.63) is 66.5 Å². The van der Waals surface area contributed by atoms with Crippen LogP contribution in [0.3, 0.4) is 0 Å². The van der Waals surface area contributed by atoms with E-state index in [9.17, 15) is 9.59 Å². The van der Waals surface area contributed by atoms with E-state index in [-0.39, 0.29) is 11.8 Å². The van der Waals surface area contributed by atoms with Gasteiger partial charge in [-0.1, -0.05) is 0 Å². The van der Waals surface area contributed by atoms with Crippen LogP contribution in [0.25, 0.3) is 27.7 Å². The summed E-state index contributed by atoms with van der Waals surface area (Å²) in [6, 6.07) is 6.13. The summed E-state index contributed by atoms with van der Waals surface area (Å²) in [6.07, 6.45) is 15.8. The van der Waals surface area contributed by atoms with Gasteiger partial charge >= 0.3 is 0 Å². The number of aromatic nitrogens is 6. The lowest BCUT2D eigenvalue weighted by Gasteiger charge is -2.26. The molecule has 0 saturated carbocycles. The second-order valence-corrected chi connectivity index (χ2v) is 10.6. The molecule has 0 aromatic carbocycles. The first-order valence-electron chi connectivity index (χ1n) is 13.9. The first kappa shape index (κ1) is 24.5. The molecule has 3 N–H and O–H groups in total. The zero-order valence-electron chi connectivity index (χ0n) is 22.1. The van der Waals surface area contributed by atoms with Gasteiger partial charge in [-0.05, 0) is 69.0 Å². The first-order valence-corrected chi connectivity index (χ1v) is 13.9. The molecule has 5 aromatic rings. The number of H-pyrrole nitrogens is 1. The fourth-order valence-electron chi connectivity index (χ4n) is 5.82. The number of likely N-dealkylation sites (tertiary alicyclic amines) is 1. The normalized spacial score (nSPS) is 16.6. The number of aromatic amines is 1. The number of hydrogen-bond acceptors (Lipinski definition) is 6. The van der Waals surface area contributed by atoms with Crippen LogP contribution in [-0.2, 0) is 0 Å². The molecule has 0 aliphatic carbocycles. The molecule has 2 saturated heterocycles. The quantitative estimate of drug-likeness (QED) is 0.313. The summed E-state index contributed by atoms with van der Waals surface area (Å²) in [5.74, 6) is -0.220. The monoisotopic (exact) mass is 537 g/mol. The molecule has 2 aliphatic heterocycles. The van der Waals surface area contributed by atoms with E-state index in [0.29, 0.717) is 28.5 Å². The second kappa shape index (κ2) is 10.2. The summed E-state index contributed by atoms with van der Waals surface area (Å²) in [7, 11) is 0. The number of pyridine rings is 2. The van der Waals surface area contributed by atoms with Gasteiger partial charge in [0, 0.05) is 48.8 Å². The molecule has 0 atom stereocenters. The highest BCUT2D eigenvalue weighted by atomic mass is 16.2. The number of carbonyl (C=O) groups excluding carboxylic acids is 2. The van der Waals surface area contributed by atoms with E-state index < -0.39 is 0 Å². The van der Waals surface area contributed by atoms with E-state index in [1.54, 1.807) is 23.1 Å². The average molecular weight is 538 g/mol. The Bertz CT molecular complexity index is 1700. The van der Waals surface area contributed by atoms with Gasteiger partial charge in [-0.2, -0.15) is 10.2 Å². The van der Waals surface area contributed by atoms with Crippen LogP contribution >= 0.6 is 0 Å². The largest absolute Gasteiger partial charge is 0.346 e. The van der Waals surface area contributed by atoms with E-state index in [1.807, 2.05) is 46.4 Å². The Morgan fingerprint density at radius 3 is 2.70 bits per heavy atom. The fourth-order valence-corrected chi connectivity index (χ4v) is 5.82. The molecule has 11 heteroatoms. The highest BCUT2D eigenvalue weighted by Gasteiger charge is 2.22. The molecule has 7 heterocycles. The van der Waals surface area contributed by atoms with Crippen LogP contribution in [0.4, 0.5) is 5.69 Å². The van der Waals surface area contributed by atoms with E-state index in [2.05, 4.69) is 30.8 Å². The summed E-state index contributed by atoms with van der Waals surface area (Å²) in [4.78, 5) is 36.1. The van der Waals surface area contributed by atoms with Crippen LogP contribution in [0.15, 0.2) is 55.4 Å². The van der Waals surface area contributed by atoms with Gasteiger partial charge in [0.15, 0.2) is 0 Å². The summed E-state index contributed by atoms with van der Waals surface area (Å²) < 4.78 is 3.68. The van der Waals surface area contributed by atoms with E-state index in [0.717, 1.165) is 73.9 Å². The standard InChI is InChI=1S/C29H31N9O2/c39-28(35-21-15-33-38(18-21)22-4-7-30-8-5-22)20-12-23-24(16-32-27(23)31-14-20)19-6-11-37-26(13-19)25(17-34-37)29(40)36-9-2-1-3-10-36/h6,11-18,22,30H,1-5,7-10H2,(H,31,32)(H,35,39). The summed E-state index contributed by atoms with van der Waals surface area (Å²) in [5.41, 5.74) is 4.97. The van der Waals surface area contributed by atoms with Crippen molar-refractivity contribution in [2.75, 3.05) is 31.5 Å². The zero-order chi connectivity index (χ0) is 27.1. The fraction of sp³-hybridized carbons (Fsp3) is 0.345. The second-order valence-electron chi connectivity index (χ2n) is 10.6. The summed E-state index contributed by atoms with van der Waals surface area (Å²) in [6.45, 7) is 3.52. The third kappa shape index (κ3) is 4.51. The van der Waals surface area contributed by atoms with Gasteiger partial charge in [0.05, 0.1) is 40.8 Å². The molecule has 7 rings (SSSR count). The number of hydrogen-bond donors (Lipinski definition) is 3. The highest BCUT2D eigenvalue weighted by Crippen LogP contribution is 2.30. The highest BCUT2D eigenvalue weighted by molar-refractivity contribution is 6.07. The van der Waals surface area contributed by atoms with Crippen molar-refractivity contribution in [3.63, 3.8) is 0 Å².